The van der Waals surface area contributed by atoms with Crippen LogP contribution in [0.25, 0.3) is 0 Å². The second-order valence-corrected chi connectivity index (χ2v) is 5.32. The third kappa shape index (κ3) is 3.45. The van der Waals surface area contributed by atoms with E-state index in [0.29, 0.717) is 11.9 Å². The molecule has 0 bridgehead atoms. The van der Waals surface area contributed by atoms with Gasteiger partial charge in [-0.3, -0.25) is 10.3 Å². The number of aryl methyl sites for hydroxylation is 1. The van der Waals surface area contributed by atoms with Crippen molar-refractivity contribution >= 4 is 23.3 Å². The van der Waals surface area contributed by atoms with Crippen molar-refractivity contribution in [3.63, 3.8) is 0 Å². The summed E-state index contributed by atoms with van der Waals surface area (Å²) < 4.78 is 0. The number of hydrogen-bond acceptors (Lipinski definition) is 4. The lowest BCUT2D eigenvalue weighted by Crippen LogP contribution is -2.52. The van der Waals surface area contributed by atoms with Gasteiger partial charge in [0.2, 0.25) is 0 Å². The minimum Gasteiger partial charge on any atom is -0.370 e. The maximum absolute atomic E-state index is 5.62. The normalized spacial score (nSPS) is 21.9. The van der Waals surface area contributed by atoms with E-state index in [1.54, 1.807) is 0 Å². The van der Waals surface area contributed by atoms with E-state index in [1.807, 2.05) is 18.3 Å². The summed E-state index contributed by atoms with van der Waals surface area (Å²) in [7, 11) is 0. The summed E-state index contributed by atoms with van der Waals surface area (Å²) in [6.45, 7) is 4.80. The average Bonchev–Trinajstić information content (AvgIpc) is 2.63. The number of aliphatic imine (C=N–C) groups is 2. The first-order valence-electron chi connectivity index (χ1n) is 5.60. The minimum absolute atomic E-state index is 0.0148. The molecular formula is C11H17N5S. The SMILES string of the molecule is Cc1ccc(CCN=C2NC(N)=NC(C)N2)s1. The summed E-state index contributed by atoms with van der Waals surface area (Å²) in [4.78, 5) is 11.2. The predicted molar refractivity (Wildman–Crippen MR) is 72.4 cm³/mol. The van der Waals surface area contributed by atoms with Crippen molar-refractivity contribution in [3.8, 4) is 0 Å². The lowest BCUT2D eigenvalue weighted by Gasteiger charge is -2.20. The Bertz CT molecular complexity index is 448. The van der Waals surface area contributed by atoms with Crippen LogP contribution in [0.1, 0.15) is 16.7 Å². The molecule has 17 heavy (non-hydrogen) atoms. The molecule has 92 valence electrons. The van der Waals surface area contributed by atoms with E-state index in [-0.39, 0.29) is 6.17 Å². The fourth-order valence-electron chi connectivity index (χ4n) is 1.61. The van der Waals surface area contributed by atoms with Crippen molar-refractivity contribution in [1.82, 2.24) is 10.6 Å². The maximum Gasteiger partial charge on any atom is 0.199 e. The highest BCUT2D eigenvalue weighted by atomic mass is 32.1. The van der Waals surface area contributed by atoms with Crippen LogP contribution in [0.3, 0.4) is 0 Å². The molecule has 0 radical (unpaired) electrons. The third-order valence-corrected chi connectivity index (χ3v) is 3.41. The van der Waals surface area contributed by atoms with Gasteiger partial charge in [-0.2, -0.15) is 0 Å². The van der Waals surface area contributed by atoms with Crippen LogP contribution in [-0.4, -0.2) is 24.6 Å². The van der Waals surface area contributed by atoms with Gasteiger partial charge in [-0.05, 0) is 26.0 Å². The summed E-state index contributed by atoms with van der Waals surface area (Å²) in [6, 6.07) is 4.29. The van der Waals surface area contributed by atoms with Crippen LogP contribution in [0.15, 0.2) is 22.1 Å². The number of guanidine groups is 2. The zero-order chi connectivity index (χ0) is 12.3. The monoisotopic (exact) mass is 251 g/mol. The molecule has 1 aliphatic rings. The number of nitrogens with one attached hydrogen (secondary N) is 2. The highest BCUT2D eigenvalue weighted by molar-refractivity contribution is 7.11. The van der Waals surface area contributed by atoms with Gasteiger partial charge in [0, 0.05) is 22.7 Å². The predicted octanol–water partition coefficient (Wildman–Crippen LogP) is 0.809. The van der Waals surface area contributed by atoms with Crippen molar-refractivity contribution in [2.24, 2.45) is 15.7 Å². The number of rotatable bonds is 3. The van der Waals surface area contributed by atoms with Crippen LogP contribution in [0.2, 0.25) is 0 Å². The number of nitrogens with two attached hydrogens (primary N) is 1. The van der Waals surface area contributed by atoms with Gasteiger partial charge in [-0.15, -0.1) is 11.3 Å². The van der Waals surface area contributed by atoms with E-state index in [0.717, 1.165) is 13.0 Å². The Morgan fingerprint density at radius 2 is 2.35 bits per heavy atom. The first-order chi connectivity index (χ1) is 8.13. The van der Waals surface area contributed by atoms with Gasteiger partial charge in [0.25, 0.3) is 0 Å². The first-order valence-corrected chi connectivity index (χ1v) is 6.42. The lowest BCUT2D eigenvalue weighted by atomic mass is 10.3. The van der Waals surface area contributed by atoms with E-state index in [9.17, 15) is 0 Å². The van der Waals surface area contributed by atoms with Crippen LogP contribution in [-0.2, 0) is 6.42 Å². The summed E-state index contributed by atoms with van der Waals surface area (Å²) in [5.74, 6) is 1.13. The fourth-order valence-corrected chi connectivity index (χ4v) is 2.49. The van der Waals surface area contributed by atoms with Crippen LogP contribution in [0.4, 0.5) is 0 Å². The molecule has 0 aromatic carbocycles. The van der Waals surface area contributed by atoms with Gasteiger partial charge in [0.15, 0.2) is 11.9 Å². The lowest BCUT2D eigenvalue weighted by molar-refractivity contribution is 0.663. The molecule has 1 unspecified atom stereocenters. The van der Waals surface area contributed by atoms with E-state index < -0.39 is 0 Å². The number of hydrogen-bond donors (Lipinski definition) is 3. The number of nitrogens with zero attached hydrogens (tertiary/aromatic N) is 2. The molecule has 0 fully saturated rings. The van der Waals surface area contributed by atoms with Gasteiger partial charge in [0.05, 0.1) is 0 Å². The molecule has 1 atom stereocenters. The topological polar surface area (TPSA) is 74.8 Å². The van der Waals surface area contributed by atoms with E-state index in [1.165, 1.54) is 9.75 Å². The molecule has 0 saturated carbocycles. The Morgan fingerprint density at radius 1 is 1.53 bits per heavy atom. The molecule has 1 aliphatic heterocycles. The molecule has 0 spiro atoms. The molecule has 0 saturated heterocycles. The Morgan fingerprint density at radius 3 is 3.00 bits per heavy atom. The smallest absolute Gasteiger partial charge is 0.199 e. The van der Waals surface area contributed by atoms with Crippen LogP contribution < -0.4 is 16.4 Å². The fraction of sp³-hybridized carbons (Fsp3) is 0.455. The molecule has 0 amide bonds. The molecule has 6 heteroatoms. The molecule has 4 N–H and O–H groups in total. The summed E-state index contributed by atoms with van der Waals surface area (Å²) >= 11 is 1.82. The van der Waals surface area contributed by atoms with Gasteiger partial charge >= 0.3 is 0 Å². The second kappa shape index (κ2) is 5.18. The highest BCUT2D eigenvalue weighted by Crippen LogP contribution is 2.15. The molecule has 0 aliphatic carbocycles. The highest BCUT2D eigenvalue weighted by Gasteiger charge is 2.11. The van der Waals surface area contributed by atoms with Gasteiger partial charge in [0.1, 0.15) is 6.17 Å². The third-order valence-electron chi connectivity index (χ3n) is 2.35. The van der Waals surface area contributed by atoms with Crippen molar-refractivity contribution in [3.05, 3.63) is 21.9 Å². The summed E-state index contributed by atoms with van der Waals surface area (Å²) in [5.41, 5.74) is 5.62. The Hall–Kier alpha value is -1.56. The zero-order valence-corrected chi connectivity index (χ0v) is 10.8. The molecule has 1 aromatic heterocycles. The van der Waals surface area contributed by atoms with E-state index in [4.69, 9.17) is 5.73 Å². The first kappa shape index (κ1) is 11.9. The van der Waals surface area contributed by atoms with E-state index >= 15 is 0 Å². The molecular weight excluding hydrogens is 234 g/mol. The Balaban J connectivity index is 1.87. The Labute approximate surface area is 105 Å². The molecule has 2 rings (SSSR count). The molecule has 5 nitrogen and oxygen atoms in total. The number of thiophene rings is 1. The van der Waals surface area contributed by atoms with Crippen molar-refractivity contribution in [1.29, 1.82) is 0 Å². The molecule has 1 aromatic rings. The Kier molecular flexibility index (Phi) is 3.63. The largest absolute Gasteiger partial charge is 0.370 e. The van der Waals surface area contributed by atoms with Crippen LogP contribution >= 0.6 is 11.3 Å². The quantitative estimate of drug-likeness (QED) is 0.744. The standard InChI is InChI=1S/C11H17N5S/c1-7-3-4-9(17-7)5-6-13-11-15-8(2)14-10(12)16-11/h3-4,8H,5-6H2,1-2H3,(H4,12,13,14,15,16). The summed E-state index contributed by atoms with van der Waals surface area (Å²) in [5, 5.41) is 6.02. The van der Waals surface area contributed by atoms with Gasteiger partial charge in [-0.1, -0.05) is 0 Å². The molecule has 2 heterocycles. The van der Waals surface area contributed by atoms with Crippen LogP contribution in [0.5, 0.6) is 0 Å². The van der Waals surface area contributed by atoms with Crippen molar-refractivity contribution in [2.75, 3.05) is 6.54 Å². The minimum atomic E-state index is -0.0148. The summed E-state index contributed by atoms with van der Waals surface area (Å²) in [6.07, 6.45) is 0.940. The van der Waals surface area contributed by atoms with Gasteiger partial charge in [-0.25, -0.2) is 4.99 Å². The van der Waals surface area contributed by atoms with E-state index in [2.05, 4.69) is 39.7 Å². The van der Waals surface area contributed by atoms with Crippen molar-refractivity contribution in [2.45, 2.75) is 26.4 Å². The second-order valence-electron chi connectivity index (χ2n) is 3.95. The van der Waals surface area contributed by atoms with Crippen LogP contribution in [0, 0.1) is 6.92 Å². The maximum atomic E-state index is 5.62. The average molecular weight is 251 g/mol. The van der Waals surface area contributed by atoms with Crippen molar-refractivity contribution < 1.29 is 0 Å². The zero-order valence-electron chi connectivity index (χ0n) is 10.0. The van der Waals surface area contributed by atoms with Gasteiger partial charge < -0.3 is 11.1 Å².